The fourth-order valence-electron chi connectivity index (χ4n) is 8.23. The van der Waals surface area contributed by atoms with Gasteiger partial charge in [-0.15, -0.1) is 22.7 Å². The standard InChI is InChI=1S/C42H28Cl2F2N6O2S2/c43-34-18-29-33(55-34)10-13-51(41(53)25-5-8-36-47-11-14-49(36)20-25)39(29)28-7-4-23(17-32(28)46)31-22-52(42(54)26-6-9-37-48-12-15-50(37)21-26)38(24-2-1-3-27(45)16-24)30-19-35(44)56-40(30)31/h1-9,11-12,14-21,31,38-39H,10,13,22H2. The van der Waals surface area contributed by atoms with Crippen LogP contribution < -0.4 is 0 Å². The smallest absolute Gasteiger partial charge is 0.256 e. The van der Waals surface area contributed by atoms with Crippen molar-refractivity contribution in [2.24, 2.45) is 0 Å². The Morgan fingerprint density at radius 3 is 2.07 bits per heavy atom. The monoisotopic (exact) mass is 820 g/mol. The van der Waals surface area contributed by atoms with Crippen LogP contribution in [0.25, 0.3) is 11.3 Å². The summed E-state index contributed by atoms with van der Waals surface area (Å²) in [6, 6.07) is 20.6. The molecular weight excluding hydrogens is 794 g/mol. The molecule has 3 atom stereocenters. The predicted octanol–water partition coefficient (Wildman–Crippen LogP) is 9.86. The highest BCUT2D eigenvalue weighted by atomic mass is 35.5. The van der Waals surface area contributed by atoms with E-state index >= 15 is 4.39 Å². The van der Waals surface area contributed by atoms with Gasteiger partial charge in [-0.05, 0) is 83.3 Å². The number of hydrogen-bond donors (Lipinski definition) is 0. The Morgan fingerprint density at radius 1 is 0.696 bits per heavy atom. The molecule has 2 amide bonds. The Labute approximate surface area is 336 Å². The molecule has 14 heteroatoms. The number of nitrogens with zero attached hydrogens (tertiary/aromatic N) is 6. The highest BCUT2D eigenvalue weighted by Crippen LogP contribution is 2.49. The van der Waals surface area contributed by atoms with E-state index in [9.17, 15) is 14.0 Å². The van der Waals surface area contributed by atoms with Crippen molar-refractivity contribution in [3.05, 3.63) is 185 Å². The first-order valence-electron chi connectivity index (χ1n) is 17.8. The topological polar surface area (TPSA) is 75.2 Å². The molecule has 56 heavy (non-hydrogen) atoms. The number of amides is 2. The lowest BCUT2D eigenvalue weighted by Gasteiger charge is -2.40. The molecule has 2 aliphatic heterocycles. The minimum absolute atomic E-state index is 0.166. The Morgan fingerprint density at radius 2 is 1.38 bits per heavy atom. The summed E-state index contributed by atoms with van der Waals surface area (Å²) in [6.45, 7) is 0.541. The maximum Gasteiger partial charge on any atom is 0.256 e. The molecule has 8 heterocycles. The quantitative estimate of drug-likeness (QED) is 0.173. The molecule has 0 N–H and O–H groups in total. The van der Waals surface area contributed by atoms with E-state index in [4.69, 9.17) is 23.2 Å². The molecule has 0 saturated heterocycles. The summed E-state index contributed by atoms with van der Waals surface area (Å²) in [7, 11) is 0. The van der Waals surface area contributed by atoms with Crippen molar-refractivity contribution in [3.8, 4) is 0 Å². The third-order valence-electron chi connectivity index (χ3n) is 10.7. The molecule has 0 saturated carbocycles. The van der Waals surface area contributed by atoms with Gasteiger partial charge in [-0.2, -0.15) is 0 Å². The first-order valence-corrected chi connectivity index (χ1v) is 20.2. The third kappa shape index (κ3) is 5.90. The van der Waals surface area contributed by atoms with Crippen molar-refractivity contribution in [3.63, 3.8) is 0 Å². The van der Waals surface area contributed by atoms with Crippen LogP contribution in [0.4, 0.5) is 8.78 Å². The van der Waals surface area contributed by atoms with Crippen LogP contribution in [0.15, 0.2) is 116 Å². The van der Waals surface area contributed by atoms with E-state index in [1.807, 2.05) is 18.2 Å². The summed E-state index contributed by atoms with van der Waals surface area (Å²) in [5, 5.41) is 0. The highest BCUT2D eigenvalue weighted by molar-refractivity contribution is 7.16. The molecule has 6 aromatic heterocycles. The first kappa shape index (κ1) is 35.0. The van der Waals surface area contributed by atoms with Crippen LogP contribution in [0.5, 0.6) is 0 Å². The van der Waals surface area contributed by atoms with Gasteiger partial charge in [-0.25, -0.2) is 18.7 Å². The van der Waals surface area contributed by atoms with E-state index in [2.05, 4.69) is 9.97 Å². The molecule has 0 bridgehead atoms. The van der Waals surface area contributed by atoms with E-state index in [-0.39, 0.29) is 18.4 Å². The van der Waals surface area contributed by atoms with Crippen molar-refractivity contribution < 1.29 is 18.4 Å². The minimum Gasteiger partial charge on any atom is -0.327 e. The lowest BCUT2D eigenvalue weighted by Crippen LogP contribution is -2.42. The van der Waals surface area contributed by atoms with Crippen LogP contribution in [0.3, 0.4) is 0 Å². The minimum atomic E-state index is -0.728. The molecule has 8 aromatic rings. The molecule has 0 fully saturated rings. The van der Waals surface area contributed by atoms with E-state index < -0.39 is 29.6 Å². The molecule has 10 rings (SSSR count). The number of rotatable bonds is 5. The zero-order valence-electron chi connectivity index (χ0n) is 29.2. The normalized spacial score (nSPS) is 18.0. The molecule has 0 radical (unpaired) electrons. The van der Waals surface area contributed by atoms with Crippen LogP contribution in [0.1, 0.15) is 76.3 Å². The maximum atomic E-state index is 17.0. The summed E-state index contributed by atoms with van der Waals surface area (Å²) >= 11 is 16.1. The molecule has 0 aliphatic carbocycles. The first-order chi connectivity index (χ1) is 27.2. The van der Waals surface area contributed by atoms with Gasteiger partial charge in [-0.3, -0.25) is 9.59 Å². The summed E-state index contributed by atoms with van der Waals surface area (Å²) in [5.74, 6) is -1.90. The second-order valence-electron chi connectivity index (χ2n) is 13.9. The van der Waals surface area contributed by atoms with Gasteiger partial charge >= 0.3 is 0 Å². The zero-order valence-corrected chi connectivity index (χ0v) is 32.3. The van der Waals surface area contributed by atoms with Gasteiger partial charge in [-0.1, -0.05) is 47.5 Å². The number of imidazole rings is 2. The Kier molecular flexibility index (Phi) is 8.55. The van der Waals surface area contributed by atoms with Crippen molar-refractivity contribution in [2.45, 2.75) is 24.4 Å². The van der Waals surface area contributed by atoms with Crippen molar-refractivity contribution in [2.75, 3.05) is 13.1 Å². The van der Waals surface area contributed by atoms with Crippen LogP contribution in [0.2, 0.25) is 8.67 Å². The average molecular weight is 822 g/mol. The summed E-state index contributed by atoms with van der Waals surface area (Å²) in [5.41, 5.74) is 5.39. The molecule has 2 aromatic carbocycles. The molecule has 0 spiro atoms. The fourth-order valence-corrected chi connectivity index (χ4v) is 10.9. The summed E-state index contributed by atoms with van der Waals surface area (Å²) < 4.78 is 36.4. The lowest BCUT2D eigenvalue weighted by atomic mass is 9.83. The highest BCUT2D eigenvalue weighted by Gasteiger charge is 2.41. The van der Waals surface area contributed by atoms with Gasteiger partial charge in [0.1, 0.15) is 22.9 Å². The van der Waals surface area contributed by atoms with Gasteiger partial charge in [0, 0.05) is 71.5 Å². The molecule has 2 aliphatic rings. The average Bonchev–Trinajstić information content (AvgIpc) is 4.01. The second-order valence-corrected chi connectivity index (χ2v) is 17.4. The van der Waals surface area contributed by atoms with Crippen molar-refractivity contribution in [1.29, 1.82) is 0 Å². The van der Waals surface area contributed by atoms with Gasteiger partial charge in [0.05, 0.1) is 31.9 Å². The van der Waals surface area contributed by atoms with Crippen LogP contribution in [-0.2, 0) is 6.42 Å². The number of pyridine rings is 2. The number of carbonyl (C=O) groups excluding carboxylic acids is 2. The molecular formula is C42H28Cl2F2N6O2S2. The van der Waals surface area contributed by atoms with E-state index in [1.54, 1.807) is 98.2 Å². The zero-order chi connectivity index (χ0) is 38.2. The largest absolute Gasteiger partial charge is 0.327 e. The number of hydrogen-bond acceptors (Lipinski definition) is 6. The Hall–Kier alpha value is -5.40. The van der Waals surface area contributed by atoms with Gasteiger partial charge < -0.3 is 18.6 Å². The second kappa shape index (κ2) is 13.7. The Balaban J connectivity index is 1.06. The number of thiophene rings is 2. The van der Waals surface area contributed by atoms with Crippen LogP contribution in [-0.4, -0.2) is 53.5 Å². The van der Waals surface area contributed by atoms with Crippen LogP contribution >= 0.6 is 45.9 Å². The molecule has 8 nitrogen and oxygen atoms in total. The predicted molar refractivity (Wildman–Crippen MR) is 213 cm³/mol. The van der Waals surface area contributed by atoms with Crippen molar-refractivity contribution in [1.82, 2.24) is 28.6 Å². The number of fused-ring (bicyclic) bond motifs is 4. The number of carbonyl (C=O) groups is 2. The summed E-state index contributed by atoms with van der Waals surface area (Å²) in [4.78, 5) is 42.7. The fraction of sp³-hybridized carbons (Fsp3) is 0.143. The summed E-state index contributed by atoms with van der Waals surface area (Å²) in [6.07, 6.45) is 10.9. The number of aromatic nitrogens is 4. The molecule has 3 unspecified atom stereocenters. The van der Waals surface area contributed by atoms with Crippen molar-refractivity contribution >= 4 is 69.0 Å². The maximum absolute atomic E-state index is 17.0. The van der Waals surface area contributed by atoms with Gasteiger partial charge in [0.25, 0.3) is 11.8 Å². The van der Waals surface area contributed by atoms with E-state index in [0.29, 0.717) is 60.7 Å². The number of halogens is 4. The Bertz CT molecular complexity index is 2870. The molecule has 278 valence electrons. The van der Waals surface area contributed by atoms with E-state index in [1.165, 1.54) is 40.9 Å². The van der Waals surface area contributed by atoms with Gasteiger partial charge in [0.2, 0.25) is 0 Å². The van der Waals surface area contributed by atoms with Crippen LogP contribution in [0, 0.1) is 11.6 Å². The van der Waals surface area contributed by atoms with E-state index in [0.717, 1.165) is 20.9 Å². The van der Waals surface area contributed by atoms with Gasteiger partial charge in [0.15, 0.2) is 0 Å². The third-order valence-corrected chi connectivity index (χ3v) is 13.5. The SMILES string of the molecule is O=C(c1ccc2nccn2c1)N1CC(c2ccc(C3c4cc(Cl)sc4CCN3C(=O)c3ccc4nccn4c3)c(F)c2)c2sc(Cl)cc2C1c1cccc(F)c1. The number of benzene rings is 2. The lowest BCUT2D eigenvalue weighted by molar-refractivity contribution is 0.0681.